The zero-order valence-electron chi connectivity index (χ0n) is 13.4. The first-order valence-electron chi connectivity index (χ1n) is 7.67. The predicted octanol–water partition coefficient (Wildman–Crippen LogP) is 3.49. The largest absolute Gasteiger partial charge is 0.383 e. The molecule has 0 atom stereocenters. The molecule has 0 saturated carbocycles. The maximum Gasteiger partial charge on any atom is 0.272 e. The van der Waals surface area contributed by atoms with E-state index in [0.29, 0.717) is 18.0 Å². The van der Waals surface area contributed by atoms with Crippen LogP contribution in [0.15, 0.2) is 65.7 Å². The van der Waals surface area contributed by atoms with E-state index >= 15 is 0 Å². The fourth-order valence-corrected chi connectivity index (χ4v) is 3.43. The van der Waals surface area contributed by atoms with Crippen LogP contribution in [0.5, 0.6) is 0 Å². The first kappa shape index (κ1) is 16.4. The molecule has 4 nitrogen and oxygen atoms in total. The molecule has 0 fully saturated rings. The van der Waals surface area contributed by atoms with Gasteiger partial charge in [-0.05, 0) is 23.8 Å². The van der Waals surface area contributed by atoms with E-state index in [4.69, 9.17) is 4.74 Å². The summed E-state index contributed by atoms with van der Waals surface area (Å²) in [6, 6.07) is 17.7. The Morgan fingerprint density at radius 3 is 2.71 bits per heavy atom. The van der Waals surface area contributed by atoms with E-state index in [1.54, 1.807) is 13.2 Å². The van der Waals surface area contributed by atoms with Crippen LogP contribution in [0.3, 0.4) is 0 Å². The number of aromatic nitrogens is 1. The number of ether oxygens (including phenoxy) is 1. The first-order valence-corrected chi connectivity index (χ1v) is 8.49. The topological polar surface area (TPSA) is 43.6 Å². The fourth-order valence-electron chi connectivity index (χ4n) is 2.37. The highest BCUT2D eigenvalue weighted by Gasteiger charge is 2.06. The predicted molar refractivity (Wildman–Crippen MR) is 97.7 cm³/mol. The van der Waals surface area contributed by atoms with E-state index in [1.165, 1.54) is 17.4 Å². The lowest BCUT2D eigenvalue weighted by atomic mass is 10.2. The van der Waals surface area contributed by atoms with Crippen LogP contribution in [0, 0.1) is 0 Å². The third kappa shape index (κ3) is 3.88. The minimum atomic E-state index is -0.267. The van der Waals surface area contributed by atoms with Crippen molar-refractivity contribution in [3.05, 3.63) is 71.0 Å². The molecule has 5 heteroatoms. The van der Waals surface area contributed by atoms with Crippen molar-refractivity contribution in [1.29, 1.82) is 0 Å². The van der Waals surface area contributed by atoms with Crippen LogP contribution in [0.4, 0.5) is 0 Å². The van der Waals surface area contributed by atoms with Gasteiger partial charge in [0, 0.05) is 19.7 Å². The van der Waals surface area contributed by atoms with E-state index in [0.717, 1.165) is 15.8 Å². The van der Waals surface area contributed by atoms with Crippen molar-refractivity contribution in [3.8, 4) is 0 Å². The highest BCUT2D eigenvalue weighted by Crippen LogP contribution is 2.16. The lowest BCUT2D eigenvalue weighted by Gasteiger charge is -2.03. The van der Waals surface area contributed by atoms with E-state index in [2.05, 4.69) is 4.99 Å². The zero-order chi connectivity index (χ0) is 16.8. The van der Waals surface area contributed by atoms with Gasteiger partial charge in [-0.1, -0.05) is 53.8 Å². The van der Waals surface area contributed by atoms with Crippen molar-refractivity contribution in [2.24, 2.45) is 4.99 Å². The number of thiazole rings is 1. The fraction of sp³-hybridized carbons (Fsp3) is 0.158. The van der Waals surface area contributed by atoms with Gasteiger partial charge in [-0.3, -0.25) is 4.79 Å². The SMILES string of the molecule is COCCn1c(=NC(=O)C=Cc2ccccc2)sc2ccccc21. The second kappa shape index (κ2) is 7.86. The number of methoxy groups -OCH3 is 1. The summed E-state index contributed by atoms with van der Waals surface area (Å²) in [5.74, 6) is -0.267. The Balaban J connectivity index is 1.93. The summed E-state index contributed by atoms with van der Waals surface area (Å²) in [5, 5.41) is 0. The summed E-state index contributed by atoms with van der Waals surface area (Å²) in [6.07, 6.45) is 3.28. The number of carbonyl (C=O) groups is 1. The van der Waals surface area contributed by atoms with Crippen molar-refractivity contribution >= 4 is 33.5 Å². The summed E-state index contributed by atoms with van der Waals surface area (Å²) < 4.78 is 8.30. The molecule has 0 radical (unpaired) electrons. The van der Waals surface area contributed by atoms with Crippen LogP contribution < -0.4 is 4.80 Å². The molecule has 0 N–H and O–H groups in total. The maximum absolute atomic E-state index is 12.2. The average molecular weight is 338 g/mol. The summed E-state index contributed by atoms with van der Waals surface area (Å²) in [7, 11) is 1.67. The van der Waals surface area contributed by atoms with Crippen molar-refractivity contribution in [2.75, 3.05) is 13.7 Å². The second-order valence-corrected chi connectivity index (χ2v) is 6.20. The van der Waals surface area contributed by atoms with E-state index < -0.39 is 0 Å². The molecule has 2 aromatic carbocycles. The molecular weight excluding hydrogens is 320 g/mol. The van der Waals surface area contributed by atoms with Gasteiger partial charge >= 0.3 is 0 Å². The molecule has 0 aliphatic carbocycles. The Morgan fingerprint density at radius 1 is 1.17 bits per heavy atom. The van der Waals surface area contributed by atoms with Gasteiger partial charge in [0.15, 0.2) is 4.80 Å². The third-order valence-corrected chi connectivity index (χ3v) is 4.59. The minimum absolute atomic E-state index is 0.267. The molecule has 0 aliphatic rings. The number of carbonyl (C=O) groups excluding carboxylic acids is 1. The van der Waals surface area contributed by atoms with Crippen LogP contribution in [-0.4, -0.2) is 24.2 Å². The van der Waals surface area contributed by atoms with Crippen molar-refractivity contribution in [1.82, 2.24) is 4.57 Å². The monoisotopic (exact) mass is 338 g/mol. The molecule has 24 heavy (non-hydrogen) atoms. The normalized spacial score (nSPS) is 12.3. The third-order valence-electron chi connectivity index (χ3n) is 3.53. The van der Waals surface area contributed by atoms with Crippen LogP contribution in [0.25, 0.3) is 16.3 Å². The number of amides is 1. The van der Waals surface area contributed by atoms with Gasteiger partial charge in [-0.15, -0.1) is 0 Å². The highest BCUT2D eigenvalue weighted by atomic mass is 32.1. The minimum Gasteiger partial charge on any atom is -0.383 e. The van der Waals surface area contributed by atoms with Crippen LogP contribution in [0.2, 0.25) is 0 Å². The number of hydrogen-bond acceptors (Lipinski definition) is 3. The van der Waals surface area contributed by atoms with Gasteiger partial charge in [0.05, 0.1) is 16.8 Å². The molecular formula is C19H18N2O2S. The molecule has 0 spiro atoms. The number of para-hydroxylation sites is 1. The second-order valence-electron chi connectivity index (χ2n) is 5.19. The number of hydrogen-bond donors (Lipinski definition) is 0. The van der Waals surface area contributed by atoms with Crippen LogP contribution in [-0.2, 0) is 16.1 Å². The number of rotatable bonds is 5. The quantitative estimate of drug-likeness (QED) is 0.669. The molecule has 0 saturated heterocycles. The molecule has 3 aromatic rings. The van der Waals surface area contributed by atoms with E-state index in [-0.39, 0.29) is 5.91 Å². The Bertz CT molecular complexity index is 923. The van der Waals surface area contributed by atoms with Gasteiger partial charge in [0.1, 0.15) is 0 Å². The van der Waals surface area contributed by atoms with E-state index in [1.807, 2.05) is 59.2 Å². The highest BCUT2D eigenvalue weighted by molar-refractivity contribution is 7.16. The van der Waals surface area contributed by atoms with Crippen molar-refractivity contribution < 1.29 is 9.53 Å². The molecule has 0 unspecified atom stereocenters. The molecule has 1 aromatic heterocycles. The molecule has 0 bridgehead atoms. The average Bonchev–Trinajstić information content (AvgIpc) is 2.96. The summed E-state index contributed by atoms with van der Waals surface area (Å²) in [5.41, 5.74) is 2.04. The Hall–Kier alpha value is -2.50. The van der Waals surface area contributed by atoms with Gasteiger partial charge in [-0.25, -0.2) is 0 Å². The standard InChI is InChI=1S/C19H18N2O2S/c1-23-14-13-21-16-9-5-6-10-17(16)24-19(21)20-18(22)12-11-15-7-3-2-4-8-15/h2-12H,13-14H2,1H3. The maximum atomic E-state index is 12.2. The smallest absolute Gasteiger partial charge is 0.272 e. The summed E-state index contributed by atoms with van der Waals surface area (Å²) in [4.78, 5) is 17.2. The molecule has 0 aliphatic heterocycles. The van der Waals surface area contributed by atoms with Crippen LogP contribution in [0.1, 0.15) is 5.56 Å². The molecule has 3 rings (SSSR count). The Labute approximate surface area is 144 Å². The van der Waals surface area contributed by atoms with E-state index in [9.17, 15) is 4.79 Å². The van der Waals surface area contributed by atoms with Crippen molar-refractivity contribution in [2.45, 2.75) is 6.54 Å². The number of nitrogens with zero attached hydrogens (tertiary/aromatic N) is 2. The first-order chi connectivity index (χ1) is 11.8. The Morgan fingerprint density at radius 2 is 1.92 bits per heavy atom. The van der Waals surface area contributed by atoms with Gasteiger partial charge in [-0.2, -0.15) is 4.99 Å². The summed E-state index contributed by atoms with van der Waals surface area (Å²) >= 11 is 1.51. The zero-order valence-corrected chi connectivity index (χ0v) is 14.2. The summed E-state index contributed by atoms with van der Waals surface area (Å²) in [6.45, 7) is 1.23. The molecule has 1 heterocycles. The number of benzene rings is 2. The van der Waals surface area contributed by atoms with Crippen LogP contribution >= 0.6 is 11.3 Å². The molecule has 122 valence electrons. The van der Waals surface area contributed by atoms with Gasteiger partial charge in [0.25, 0.3) is 5.91 Å². The Kier molecular flexibility index (Phi) is 5.36. The number of fused-ring (bicyclic) bond motifs is 1. The lowest BCUT2D eigenvalue weighted by Crippen LogP contribution is -2.18. The molecule has 1 amide bonds. The van der Waals surface area contributed by atoms with Gasteiger partial charge < -0.3 is 9.30 Å². The van der Waals surface area contributed by atoms with Gasteiger partial charge in [0.2, 0.25) is 0 Å². The van der Waals surface area contributed by atoms with Crippen molar-refractivity contribution in [3.63, 3.8) is 0 Å². The lowest BCUT2D eigenvalue weighted by molar-refractivity contribution is -0.113.